The zero-order valence-electron chi connectivity index (χ0n) is 11.6. The second-order valence-electron chi connectivity index (χ2n) is 5.10. The minimum atomic E-state index is -0.806. The van der Waals surface area contributed by atoms with Crippen molar-refractivity contribution in [1.29, 1.82) is 0 Å². The maximum absolute atomic E-state index is 13.7. The van der Waals surface area contributed by atoms with Crippen molar-refractivity contribution in [3.8, 4) is 11.1 Å². The summed E-state index contributed by atoms with van der Waals surface area (Å²) in [5.74, 6) is -2.39. The molecule has 0 amide bonds. The van der Waals surface area contributed by atoms with Gasteiger partial charge < -0.3 is 5.11 Å². The number of carbonyl (C=O) groups is 1. The van der Waals surface area contributed by atoms with Crippen molar-refractivity contribution in [3.05, 3.63) is 59.7 Å². The molecule has 21 heavy (non-hydrogen) atoms. The van der Waals surface area contributed by atoms with E-state index in [4.69, 9.17) is 5.11 Å². The number of rotatable bonds is 5. The molecular weight excluding hydrogens is 274 g/mol. The summed E-state index contributed by atoms with van der Waals surface area (Å²) < 4.78 is 26.6. The number of carboxylic acid groups (broad SMARTS) is 1. The highest BCUT2D eigenvalue weighted by Gasteiger charge is 2.11. The Morgan fingerprint density at radius 2 is 1.81 bits per heavy atom. The van der Waals surface area contributed by atoms with Gasteiger partial charge in [-0.3, -0.25) is 4.79 Å². The first-order valence-electron chi connectivity index (χ1n) is 6.74. The van der Waals surface area contributed by atoms with Crippen molar-refractivity contribution >= 4 is 5.97 Å². The Bertz CT molecular complexity index is 636. The maximum Gasteiger partial charge on any atom is 0.306 e. The van der Waals surface area contributed by atoms with Crippen LogP contribution in [0.15, 0.2) is 42.5 Å². The highest BCUT2D eigenvalue weighted by molar-refractivity contribution is 5.69. The van der Waals surface area contributed by atoms with E-state index >= 15 is 0 Å². The molecule has 2 aromatic carbocycles. The number of aryl methyl sites for hydroxylation is 1. The Hall–Kier alpha value is -2.23. The van der Waals surface area contributed by atoms with Crippen LogP contribution >= 0.6 is 0 Å². The predicted molar refractivity (Wildman–Crippen MR) is 76.9 cm³/mol. The second-order valence-corrected chi connectivity index (χ2v) is 5.10. The Labute approximate surface area is 122 Å². The molecule has 1 atom stereocenters. The number of benzene rings is 2. The van der Waals surface area contributed by atoms with Gasteiger partial charge >= 0.3 is 5.97 Å². The highest BCUT2D eigenvalue weighted by Crippen LogP contribution is 2.24. The van der Waals surface area contributed by atoms with Crippen LogP contribution in [-0.2, 0) is 11.2 Å². The predicted octanol–water partition coefficient (Wildman–Crippen LogP) is 4.29. The van der Waals surface area contributed by atoms with Gasteiger partial charge in [0.25, 0.3) is 0 Å². The van der Waals surface area contributed by atoms with E-state index in [0.29, 0.717) is 24.0 Å². The van der Waals surface area contributed by atoms with Crippen molar-refractivity contribution in [3.63, 3.8) is 0 Å². The third-order valence-corrected chi connectivity index (χ3v) is 3.48. The van der Waals surface area contributed by atoms with Crippen LogP contribution in [0.3, 0.4) is 0 Å². The van der Waals surface area contributed by atoms with Gasteiger partial charge in [0.1, 0.15) is 11.6 Å². The third kappa shape index (κ3) is 3.88. The first kappa shape index (κ1) is 15.2. The summed E-state index contributed by atoms with van der Waals surface area (Å²) in [5.41, 5.74) is 2.01. The van der Waals surface area contributed by atoms with E-state index in [1.54, 1.807) is 19.1 Å². The highest BCUT2D eigenvalue weighted by atomic mass is 19.1. The molecule has 2 nitrogen and oxygen atoms in total. The van der Waals surface area contributed by atoms with Crippen molar-refractivity contribution < 1.29 is 18.7 Å². The molecule has 0 saturated heterocycles. The standard InChI is InChI=1S/C17H16F2O2/c1-11(17(20)21)2-3-12-4-6-13(7-5-12)15-9-8-14(18)10-16(15)19/h4-11H,2-3H2,1H3,(H,20,21)/t11-/m0/s1. The minimum absolute atomic E-state index is 0.349. The SMILES string of the molecule is C[C@@H](CCc1ccc(-c2ccc(F)cc2F)cc1)C(=O)O. The molecule has 0 fully saturated rings. The van der Waals surface area contributed by atoms with Gasteiger partial charge in [0.2, 0.25) is 0 Å². The van der Waals surface area contributed by atoms with Crippen molar-refractivity contribution in [2.24, 2.45) is 5.92 Å². The smallest absolute Gasteiger partial charge is 0.306 e. The summed E-state index contributed by atoms with van der Waals surface area (Å²) in [5, 5.41) is 8.83. The first-order valence-corrected chi connectivity index (χ1v) is 6.74. The Morgan fingerprint density at radius 3 is 2.38 bits per heavy atom. The van der Waals surface area contributed by atoms with E-state index in [2.05, 4.69) is 0 Å². The van der Waals surface area contributed by atoms with Gasteiger partial charge in [0, 0.05) is 11.6 Å². The minimum Gasteiger partial charge on any atom is -0.481 e. The summed E-state index contributed by atoms with van der Waals surface area (Å²) >= 11 is 0. The molecule has 4 heteroatoms. The third-order valence-electron chi connectivity index (χ3n) is 3.48. The van der Waals surface area contributed by atoms with Gasteiger partial charge in [0.05, 0.1) is 5.92 Å². The number of halogens is 2. The molecule has 0 aliphatic heterocycles. The van der Waals surface area contributed by atoms with Crippen molar-refractivity contribution in [2.45, 2.75) is 19.8 Å². The topological polar surface area (TPSA) is 37.3 Å². The van der Waals surface area contributed by atoms with Crippen LogP contribution in [0.2, 0.25) is 0 Å². The van der Waals surface area contributed by atoms with Crippen LogP contribution in [0.1, 0.15) is 18.9 Å². The van der Waals surface area contributed by atoms with Crippen LogP contribution < -0.4 is 0 Å². The summed E-state index contributed by atoms with van der Waals surface area (Å²) in [4.78, 5) is 10.8. The monoisotopic (exact) mass is 290 g/mol. The van der Waals surface area contributed by atoms with Crippen LogP contribution in [-0.4, -0.2) is 11.1 Å². The Morgan fingerprint density at radius 1 is 1.14 bits per heavy atom. The van der Waals surface area contributed by atoms with E-state index in [0.717, 1.165) is 11.6 Å². The van der Waals surface area contributed by atoms with Crippen LogP contribution in [0.4, 0.5) is 8.78 Å². The molecule has 0 heterocycles. The average Bonchev–Trinajstić information content (AvgIpc) is 2.45. The Balaban J connectivity index is 2.10. The van der Waals surface area contributed by atoms with E-state index in [9.17, 15) is 13.6 Å². The van der Waals surface area contributed by atoms with Crippen molar-refractivity contribution in [1.82, 2.24) is 0 Å². The molecule has 0 bridgehead atoms. The van der Waals surface area contributed by atoms with Gasteiger partial charge in [-0.2, -0.15) is 0 Å². The summed E-state index contributed by atoms with van der Waals surface area (Å²) in [6.07, 6.45) is 1.21. The lowest BCUT2D eigenvalue weighted by atomic mass is 9.98. The maximum atomic E-state index is 13.7. The zero-order chi connectivity index (χ0) is 15.4. The molecular formula is C17H16F2O2. The van der Waals surface area contributed by atoms with Crippen LogP contribution in [0.25, 0.3) is 11.1 Å². The normalized spacial score (nSPS) is 12.1. The molecule has 0 saturated carbocycles. The van der Waals surface area contributed by atoms with Crippen molar-refractivity contribution in [2.75, 3.05) is 0 Å². The van der Waals surface area contributed by atoms with Crippen LogP contribution in [0.5, 0.6) is 0 Å². The molecule has 0 radical (unpaired) electrons. The Kier molecular flexibility index (Phi) is 4.68. The molecule has 0 aliphatic rings. The lowest BCUT2D eigenvalue weighted by molar-refractivity contribution is -0.141. The van der Waals surface area contributed by atoms with E-state index in [1.165, 1.54) is 12.1 Å². The van der Waals surface area contributed by atoms with Gasteiger partial charge in [-0.15, -0.1) is 0 Å². The fraction of sp³-hybridized carbons (Fsp3) is 0.235. The van der Waals surface area contributed by atoms with Gasteiger partial charge in [0.15, 0.2) is 0 Å². The number of hydrogen-bond acceptors (Lipinski definition) is 1. The molecule has 0 spiro atoms. The first-order chi connectivity index (χ1) is 9.97. The number of carboxylic acids is 1. The molecule has 0 aliphatic carbocycles. The van der Waals surface area contributed by atoms with Crippen LogP contribution in [0, 0.1) is 17.6 Å². The summed E-state index contributed by atoms with van der Waals surface area (Å²) in [6, 6.07) is 10.7. The second kappa shape index (κ2) is 6.48. The van der Waals surface area contributed by atoms with Gasteiger partial charge in [-0.05, 0) is 36.1 Å². The lowest BCUT2D eigenvalue weighted by Gasteiger charge is -2.08. The molecule has 1 N–H and O–H groups in total. The summed E-state index contributed by atoms with van der Waals surface area (Å²) in [6.45, 7) is 1.67. The number of aliphatic carboxylic acids is 1. The van der Waals surface area contributed by atoms with E-state index in [-0.39, 0.29) is 5.92 Å². The fourth-order valence-electron chi connectivity index (χ4n) is 2.08. The van der Waals surface area contributed by atoms with Gasteiger partial charge in [-0.25, -0.2) is 8.78 Å². The summed E-state index contributed by atoms with van der Waals surface area (Å²) in [7, 11) is 0. The molecule has 0 unspecified atom stereocenters. The quantitative estimate of drug-likeness (QED) is 0.892. The molecule has 110 valence electrons. The molecule has 0 aromatic heterocycles. The lowest BCUT2D eigenvalue weighted by Crippen LogP contribution is -2.10. The van der Waals surface area contributed by atoms with E-state index < -0.39 is 17.6 Å². The fourth-order valence-corrected chi connectivity index (χ4v) is 2.08. The largest absolute Gasteiger partial charge is 0.481 e. The number of hydrogen-bond donors (Lipinski definition) is 1. The average molecular weight is 290 g/mol. The molecule has 2 rings (SSSR count). The zero-order valence-corrected chi connectivity index (χ0v) is 11.6. The molecule has 2 aromatic rings. The van der Waals surface area contributed by atoms with Gasteiger partial charge in [-0.1, -0.05) is 31.2 Å². The van der Waals surface area contributed by atoms with E-state index in [1.807, 2.05) is 12.1 Å².